The predicted molar refractivity (Wildman–Crippen MR) is 306 cm³/mol. The van der Waals surface area contributed by atoms with E-state index in [9.17, 15) is 14.4 Å². The minimum atomic E-state index is -0.855. The molecule has 0 aliphatic rings. The molecule has 0 unspecified atom stereocenters. The first-order valence-corrected chi connectivity index (χ1v) is 27.3. The average Bonchev–Trinajstić information content (AvgIpc) is 3.37. The first kappa shape index (κ1) is 65.5. The molecule has 0 saturated heterocycles. The molecule has 0 fully saturated rings. The summed E-state index contributed by atoms with van der Waals surface area (Å²) < 4.78 is 16.7. The van der Waals surface area contributed by atoms with E-state index in [1.54, 1.807) is 0 Å². The molecule has 0 bridgehead atoms. The summed E-state index contributed by atoms with van der Waals surface area (Å²) >= 11 is 0. The van der Waals surface area contributed by atoms with E-state index < -0.39 is 6.10 Å². The molecule has 0 amide bonds. The Morgan fingerprint density at radius 3 is 0.873 bits per heavy atom. The number of carbonyl (C=O) groups excluding carboxylic acids is 3. The highest BCUT2D eigenvalue weighted by atomic mass is 16.6. The molecule has 0 N–H and O–H groups in total. The van der Waals surface area contributed by atoms with Gasteiger partial charge in [0, 0.05) is 19.3 Å². The van der Waals surface area contributed by atoms with Crippen molar-refractivity contribution >= 4 is 17.9 Å². The van der Waals surface area contributed by atoms with Crippen molar-refractivity contribution in [1.82, 2.24) is 0 Å². The lowest BCUT2D eigenvalue weighted by Crippen LogP contribution is -2.30. The van der Waals surface area contributed by atoms with Crippen LogP contribution in [0.4, 0.5) is 0 Å². The van der Waals surface area contributed by atoms with Gasteiger partial charge in [0.15, 0.2) is 6.10 Å². The van der Waals surface area contributed by atoms with Crippen molar-refractivity contribution in [2.75, 3.05) is 13.2 Å². The molecule has 0 spiro atoms. The molecule has 6 nitrogen and oxygen atoms in total. The summed E-state index contributed by atoms with van der Waals surface area (Å²) in [5.74, 6) is -1.12. The van der Waals surface area contributed by atoms with Gasteiger partial charge in [-0.2, -0.15) is 0 Å². The van der Waals surface area contributed by atoms with Crippen LogP contribution in [-0.4, -0.2) is 37.2 Å². The highest BCUT2D eigenvalue weighted by molar-refractivity contribution is 5.71. The van der Waals surface area contributed by atoms with Gasteiger partial charge in [-0.25, -0.2) is 0 Å². The molecule has 392 valence electrons. The first-order valence-electron chi connectivity index (χ1n) is 27.3. The van der Waals surface area contributed by atoms with Gasteiger partial charge in [0.25, 0.3) is 0 Å². The molecule has 0 saturated carbocycles. The van der Waals surface area contributed by atoms with Crippen LogP contribution in [0.25, 0.3) is 0 Å². The van der Waals surface area contributed by atoms with Crippen LogP contribution in [0.5, 0.6) is 0 Å². The molecule has 6 heteroatoms. The number of unbranched alkanes of at least 4 members (excludes halogenated alkanes) is 5. The van der Waals surface area contributed by atoms with Crippen LogP contribution < -0.4 is 0 Å². The molecule has 0 aromatic carbocycles. The maximum Gasteiger partial charge on any atom is 0.306 e. The van der Waals surface area contributed by atoms with Crippen molar-refractivity contribution in [2.45, 2.75) is 194 Å². The van der Waals surface area contributed by atoms with Crippen molar-refractivity contribution in [3.05, 3.63) is 182 Å². The van der Waals surface area contributed by atoms with Crippen LogP contribution in [0.1, 0.15) is 188 Å². The maximum atomic E-state index is 12.8. The van der Waals surface area contributed by atoms with Gasteiger partial charge in [0.05, 0.1) is 0 Å². The number of ether oxygens (including phenoxy) is 3. The Morgan fingerprint density at radius 1 is 0.282 bits per heavy atom. The van der Waals surface area contributed by atoms with E-state index in [1.807, 2.05) is 12.2 Å². The summed E-state index contributed by atoms with van der Waals surface area (Å²) in [6.07, 6.45) is 86.0. The molecule has 0 aromatic heterocycles. The van der Waals surface area contributed by atoms with Gasteiger partial charge >= 0.3 is 17.9 Å². The Balaban J connectivity index is 4.67. The Hall–Kier alpha value is -5.49. The standard InChI is InChI=1S/C65H96O6/c1-4-7-10-13-16-19-22-25-28-30-32-34-37-40-43-46-49-52-55-58-64(67)70-61-62(60-69-63(66)57-54-51-48-45-42-39-36-27-24-21-18-15-12-9-6-3)71-65(68)59-56-53-50-47-44-41-38-35-33-31-29-26-23-20-17-14-11-8-5-2/h7-12,16-21,25-29,32-36,40-45,49,52,62H,4-6,13-15,22-24,30-31,37-39,46-48,50-51,53-61H2,1-3H3/b10-7-,11-8-,12-9-,19-16-,20-17-,21-18-,28-25-,29-26-,34-32-,35-33-,36-27-,43-40-,44-41-,45-42-,52-49-/t62-/m1/s1. The summed E-state index contributed by atoms with van der Waals surface area (Å²) in [6, 6.07) is 0. The molecular formula is C65H96O6. The molecule has 0 rings (SSSR count). The third-order valence-electron chi connectivity index (χ3n) is 10.4. The molecule has 0 aliphatic carbocycles. The van der Waals surface area contributed by atoms with E-state index in [4.69, 9.17) is 14.2 Å². The molecule has 0 aromatic rings. The minimum absolute atomic E-state index is 0.147. The van der Waals surface area contributed by atoms with Gasteiger partial charge in [-0.1, -0.05) is 209 Å². The van der Waals surface area contributed by atoms with Crippen molar-refractivity contribution in [3.63, 3.8) is 0 Å². The number of hydrogen-bond acceptors (Lipinski definition) is 6. The SMILES string of the molecule is CC/C=C\C/C=C\C/C=C\C/C=C\C/C=C\C/C=C\CCC(=O)OC[C@@H](COC(=O)CCCC/C=C\C/C=C\C/C=C\C/C=C\CC)OC(=O)CCCCC/C=C\C/C=C\C/C=C\C/C=C\C/C=C\CC. The van der Waals surface area contributed by atoms with E-state index in [1.165, 1.54) is 0 Å². The van der Waals surface area contributed by atoms with Gasteiger partial charge in [-0.05, 0) is 141 Å². The van der Waals surface area contributed by atoms with Crippen LogP contribution in [0.15, 0.2) is 182 Å². The number of hydrogen-bond donors (Lipinski definition) is 0. The summed E-state index contributed by atoms with van der Waals surface area (Å²) in [5.41, 5.74) is 0. The Labute approximate surface area is 434 Å². The third kappa shape index (κ3) is 55.3. The summed E-state index contributed by atoms with van der Waals surface area (Å²) in [6.45, 7) is 6.13. The third-order valence-corrected chi connectivity index (χ3v) is 10.4. The lowest BCUT2D eigenvalue weighted by Gasteiger charge is -2.18. The van der Waals surface area contributed by atoms with Crippen molar-refractivity contribution < 1.29 is 28.6 Å². The molecule has 0 heterocycles. The fourth-order valence-corrected chi connectivity index (χ4v) is 6.42. The largest absolute Gasteiger partial charge is 0.462 e. The van der Waals surface area contributed by atoms with Gasteiger partial charge in [-0.3, -0.25) is 14.4 Å². The number of esters is 3. The number of carbonyl (C=O) groups is 3. The van der Waals surface area contributed by atoms with Crippen molar-refractivity contribution in [1.29, 1.82) is 0 Å². The first-order chi connectivity index (χ1) is 35.0. The fourth-order valence-electron chi connectivity index (χ4n) is 6.42. The van der Waals surface area contributed by atoms with Gasteiger partial charge in [0.1, 0.15) is 13.2 Å². The zero-order valence-electron chi connectivity index (χ0n) is 44.6. The Morgan fingerprint density at radius 2 is 0.535 bits per heavy atom. The molecule has 0 aliphatic heterocycles. The Kier molecular flexibility index (Phi) is 52.7. The minimum Gasteiger partial charge on any atom is -0.462 e. The summed E-state index contributed by atoms with van der Waals surface area (Å²) in [7, 11) is 0. The van der Waals surface area contributed by atoms with Crippen LogP contribution in [0.3, 0.4) is 0 Å². The quantitative estimate of drug-likeness (QED) is 0.0262. The van der Waals surface area contributed by atoms with Gasteiger partial charge in [0.2, 0.25) is 0 Å². The second-order valence-electron chi connectivity index (χ2n) is 17.0. The second-order valence-corrected chi connectivity index (χ2v) is 17.0. The van der Waals surface area contributed by atoms with Gasteiger partial charge < -0.3 is 14.2 Å². The summed E-state index contributed by atoms with van der Waals surface area (Å²) in [5, 5.41) is 0. The van der Waals surface area contributed by atoms with Crippen LogP contribution in [-0.2, 0) is 28.6 Å². The summed E-state index contributed by atoms with van der Waals surface area (Å²) in [4.78, 5) is 38.1. The molecule has 0 radical (unpaired) electrons. The highest BCUT2D eigenvalue weighted by Crippen LogP contribution is 2.10. The second kappa shape index (κ2) is 57.1. The zero-order valence-corrected chi connectivity index (χ0v) is 44.6. The number of allylic oxidation sites excluding steroid dienone is 30. The van der Waals surface area contributed by atoms with Crippen molar-refractivity contribution in [3.8, 4) is 0 Å². The predicted octanol–water partition coefficient (Wildman–Crippen LogP) is 18.5. The fraction of sp³-hybridized carbons (Fsp3) is 0.492. The van der Waals surface area contributed by atoms with E-state index in [2.05, 4.69) is 191 Å². The van der Waals surface area contributed by atoms with Crippen molar-refractivity contribution in [2.24, 2.45) is 0 Å². The van der Waals surface area contributed by atoms with Crippen LogP contribution in [0, 0.1) is 0 Å². The highest BCUT2D eigenvalue weighted by Gasteiger charge is 2.19. The molecule has 71 heavy (non-hydrogen) atoms. The van der Waals surface area contributed by atoms with Gasteiger partial charge in [-0.15, -0.1) is 0 Å². The molecule has 1 atom stereocenters. The average molecular weight is 973 g/mol. The molecular weight excluding hydrogens is 877 g/mol. The lowest BCUT2D eigenvalue weighted by molar-refractivity contribution is -0.166. The maximum absolute atomic E-state index is 12.8. The topological polar surface area (TPSA) is 78.9 Å². The zero-order chi connectivity index (χ0) is 51.4. The van der Waals surface area contributed by atoms with E-state index in [0.29, 0.717) is 19.3 Å². The normalized spacial score (nSPS) is 13.6. The number of rotatable bonds is 46. The van der Waals surface area contributed by atoms with Crippen LogP contribution >= 0.6 is 0 Å². The van der Waals surface area contributed by atoms with Crippen LogP contribution in [0.2, 0.25) is 0 Å². The monoisotopic (exact) mass is 973 g/mol. The van der Waals surface area contributed by atoms with E-state index in [0.717, 1.165) is 128 Å². The smallest absolute Gasteiger partial charge is 0.306 e. The van der Waals surface area contributed by atoms with E-state index >= 15 is 0 Å². The van der Waals surface area contributed by atoms with E-state index in [-0.39, 0.29) is 50.4 Å². The lowest BCUT2D eigenvalue weighted by atomic mass is 10.1. The Bertz CT molecular complexity index is 1730.